The van der Waals surface area contributed by atoms with E-state index in [1.165, 1.54) is 71.4 Å². The van der Waals surface area contributed by atoms with Gasteiger partial charge in [0.1, 0.15) is 0 Å². The lowest BCUT2D eigenvalue weighted by Crippen LogP contribution is -2.15. The Kier molecular flexibility index (Phi) is 7.55. The van der Waals surface area contributed by atoms with Crippen LogP contribution in [0.3, 0.4) is 0 Å². The molecule has 0 N–H and O–H groups in total. The summed E-state index contributed by atoms with van der Waals surface area (Å²) in [6.45, 7) is 4.73. The van der Waals surface area contributed by atoms with Crippen molar-refractivity contribution < 1.29 is 0 Å². The van der Waals surface area contributed by atoms with Crippen LogP contribution in [-0.4, -0.2) is 9.97 Å². The molecule has 0 fully saturated rings. The van der Waals surface area contributed by atoms with Crippen molar-refractivity contribution in [2.75, 3.05) is 0 Å². The Morgan fingerprint density at radius 3 is 1.70 bits per heavy atom. The van der Waals surface area contributed by atoms with Crippen molar-refractivity contribution >= 4 is 32.3 Å². The summed E-state index contributed by atoms with van der Waals surface area (Å²) in [5, 5.41) is 7.24. The van der Waals surface area contributed by atoms with Crippen molar-refractivity contribution in [2.45, 2.75) is 19.3 Å². The summed E-state index contributed by atoms with van der Waals surface area (Å²) in [5.41, 5.74) is 15.2. The highest BCUT2D eigenvalue weighted by molar-refractivity contribution is 6.05. The predicted molar refractivity (Wildman–Crippen MR) is 239 cm³/mol. The van der Waals surface area contributed by atoms with Crippen LogP contribution in [0, 0.1) is 0 Å². The van der Waals surface area contributed by atoms with Crippen LogP contribution in [0.1, 0.15) is 25.0 Å². The minimum absolute atomic E-state index is 0.0955. The van der Waals surface area contributed by atoms with Gasteiger partial charge in [0.15, 0.2) is 5.82 Å². The van der Waals surface area contributed by atoms with E-state index in [9.17, 15) is 0 Å². The number of hydrogen-bond donors (Lipinski definition) is 0. The van der Waals surface area contributed by atoms with Crippen molar-refractivity contribution in [1.82, 2.24) is 9.97 Å². The van der Waals surface area contributed by atoms with Crippen molar-refractivity contribution in [3.8, 4) is 67.3 Å². The predicted octanol–water partition coefficient (Wildman–Crippen LogP) is 14.6. The molecule has 0 amide bonds. The summed E-state index contributed by atoms with van der Waals surface area (Å²) in [7, 11) is 0. The average Bonchev–Trinajstić information content (AvgIpc) is 3.49. The van der Waals surface area contributed by atoms with Crippen LogP contribution in [0.25, 0.3) is 99.6 Å². The Bertz CT molecular complexity index is 3210. The fourth-order valence-electron chi connectivity index (χ4n) is 9.12. The maximum absolute atomic E-state index is 5.32. The molecule has 57 heavy (non-hydrogen) atoms. The molecule has 1 aliphatic rings. The van der Waals surface area contributed by atoms with E-state index < -0.39 is 0 Å². The summed E-state index contributed by atoms with van der Waals surface area (Å²) in [5.74, 6) is 0.713. The third-order valence-corrected chi connectivity index (χ3v) is 12.1. The summed E-state index contributed by atoms with van der Waals surface area (Å²) in [4.78, 5) is 10.6. The van der Waals surface area contributed by atoms with E-state index in [4.69, 9.17) is 9.97 Å². The topological polar surface area (TPSA) is 25.8 Å². The number of benzene rings is 9. The highest BCUT2D eigenvalue weighted by Crippen LogP contribution is 2.51. The lowest BCUT2D eigenvalue weighted by molar-refractivity contribution is 0.661. The fourth-order valence-corrected chi connectivity index (χ4v) is 9.12. The first-order valence-electron chi connectivity index (χ1n) is 19.7. The first-order valence-corrected chi connectivity index (χ1v) is 19.7. The highest BCUT2D eigenvalue weighted by Gasteiger charge is 2.36. The van der Waals surface area contributed by atoms with Crippen molar-refractivity contribution in [1.29, 1.82) is 0 Å². The van der Waals surface area contributed by atoms with E-state index in [2.05, 4.69) is 202 Å². The van der Waals surface area contributed by atoms with E-state index in [1.54, 1.807) is 0 Å². The molecule has 0 spiro atoms. The van der Waals surface area contributed by atoms with Crippen LogP contribution in [0.4, 0.5) is 0 Å². The Morgan fingerprint density at radius 2 is 0.877 bits per heavy atom. The molecular weight excluding hydrogens is 689 g/mol. The lowest BCUT2D eigenvalue weighted by Gasteiger charge is -2.22. The van der Waals surface area contributed by atoms with E-state index in [1.807, 2.05) is 6.07 Å². The molecule has 1 aromatic heterocycles. The zero-order valence-corrected chi connectivity index (χ0v) is 31.9. The molecule has 0 radical (unpaired) electrons. The Hall–Kier alpha value is -7.16. The Labute approximate surface area is 332 Å². The SMILES string of the molecule is CC1(C)c2cc(-c3cccc(-c4ccc(-c5nc(-c6ccccc6)cc(-c6cccc7ccccc67)n5)c5ccccc45)c3)ccc2-c2cc3ccccc3cc21. The zero-order chi connectivity index (χ0) is 38.1. The third kappa shape index (κ3) is 5.48. The quantitative estimate of drug-likeness (QED) is 0.176. The molecule has 0 unspecified atom stereocenters. The van der Waals surface area contributed by atoms with Gasteiger partial charge >= 0.3 is 0 Å². The molecule has 0 atom stereocenters. The normalized spacial score (nSPS) is 12.9. The molecule has 11 rings (SSSR count). The fraction of sp³-hybridized carbons (Fsp3) is 0.0545. The van der Waals surface area contributed by atoms with Gasteiger partial charge in [0.25, 0.3) is 0 Å². The summed E-state index contributed by atoms with van der Waals surface area (Å²) >= 11 is 0. The molecular formula is C55H38N2. The number of rotatable bonds is 5. The summed E-state index contributed by atoms with van der Waals surface area (Å²) < 4.78 is 0. The van der Waals surface area contributed by atoms with Gasteiger partial charge in [-0.1, -0.05) is 172 Å². The monoisotopic (exact) mass is 726 g/mol. The largest absolute Gasteiger partial charge is 0.228 e. The minimum atomic E-state index is -0.0955. The molecule has 268 valence electrons. The first kappa shape index (κ1) is 33.2. The van der Waals surface area contributed by atoms with E-state index in [-0.39, 0.29) is 5.41 Å². The van der Waals surface area contributed by atoms with Crippen LogP contribution in [0.2, 0.25) is 0 Å². The standard InChI is InChI=1S/C55H38N2/c1-55(2)50-33-40(26-27-46(50)49-31-38-17-6-7-18-39(38)32-51(49)55)37-20-12-21-41(30-37)43-28-29-48(45-24-11-10-23-44(43)45)54-56-52(36-15-4-3-5-16-36)34-53(57-54)47-25-13-19-35-14-8-9-22-42(35)47/h3-34H,1-2H3. The molecule has 0 saturated carbocycles. The average molecular weight is 727 g/mol. The molecule has 10 aromatic rings. The van der Waals surface area contributed by atoms with Gasteiger partial charge in [0.2, 0.25) is 0 Å². The second kappa shape index (κ2) is 13.0. The molecule has 2 heteroatoms. The summed E-state index contributed by atoms with van der Waals surface area (Å²) in [6.07, 6.45) is 0. The molecule has 0 saturated heterocycles. The smallest absolute Gasteiger partial charge is 0.161 e. The molecule has 0 bridgehead atoms. The van der Waals surface area contributed by atoms with E-state index in [0.29, 0.717) is 5.82 Å². The van der Waals surface area contributed by atoms with Crippen LogP contribution < -0.4 is 0 Å². The van der Waals surface area contributed by atoms with E-state index >= 15 is 0 Å². The lowest BCUT2D eigenvalue weighted by atomic mass is 9.81. The van der Waals surface area contributed by atoms with Crippen molar-refractivity contribution in [2.24, 2.45) is 0 Å². The van der Waals surface area contributed by atoms with Gasteiger partial charge in [-0.3, -0.25) is 0 Å². The van der Waals surface area contributed by atoms with Gasteiger partial charge in [-0.25, -0.2) is 9.97 Å². The highest BCUT2D eigenvalue weighted by atomic mass is 14.9. The van der Waals surface area contributed by atoms with Gasteiger partial charge < -0.3 is 0 Å². The van der Waals surface area contributed by atoms with Crippen LogP contribution in [0.5, 0.6) is 0 Å². The van der Waals surface area contributed by atoms with Crippen molar-refractivity contribution in [3.05, 3.63) is 205 Å². The first-order chi connectivity index (χ1) is 28.0. The Balaban J connectivity index is 1.02. The van der Waals surface area contributed by atoms with Crippen LogP contribution in [-0.2, 0) is 5.41 Å². The maximum Gasteiger partial charge on any atom is 0.161 e. The molecule has 2 nitrogen and oxygen atoms in total. The maximum atomic E-state index is 5.32. The number of aromatic nitrogens is 2. The van der Waals surface area contributed by atoms with Gasteiger partial charge in [0.05, 0.1) is 11.4 Å². The zero-order valence-electron chi connectivity index (χ0n) is 31.9. The van der Waals surface area contributed by atoms with Crippen LogP contribution in [0.15, 0.2) is 194 Å². The minimum Gasteiger partial charge on any atom is -0.228 e. The molecule has 1 aliphatic carbocycles. The van der Waals surface area contributed by atoms with Crippen molar-refractivity contribution in [3.63, 3.8) is 0 Å². The molecule has 1 heterocycles. The molecule has 9 aromatic carbocycles. The molecule has 0 aliphatic heterocycles. The summed E-state index contributed by atoms with van der Waals surface area (Å²) in [6, 6.07) is 70.2. The number of nitrogens with zero attached hydrogens (tertiary/aromatic N) is 2. The number of fused-ring (bicyclic) bond motifs is 6. The van der Waals surface area contributed by atoms with Gasteiger partial charge in [0, 0.05) is 22.1 Å². The van der Waals surface area contributed by atoms with E-state index in [0.717, 1.165) is 33.5 Å². The van der Waals surface area contributed by atoms with Gasteiger partial charge in [-0.05, 0) is 113 Å². The van der Waals surface area contributed by atoms with Gasteiger partial charge in [-0.15, -0.1) is 0 Å². The third-order valence-electron chi connectivity index (χ3n) is 12.1. The number of hydrogen-bond acceptors (Lipinski definition) is 2. The Morgan fingerprint density at radius 1 is 0.316 bits per heavy atom. The van der Waals surface area contributed by atoms with Crippen LogP contribution >= 0.6 is 0 Å². The second-order valence-corrected chi connectivity index (χ2v) is 15.8. The van der Waals surface area contributed by atoms with Gasteiger partial charge in [-0.2, -0.15) is 0 Å². The second-order valence-electron chi connectivity index (χ2n) is 15.8.